The average molecular weight is 241 g/mol. The number of amides is 1. The highest BCUT2D eigenvalue weighted by Crippen LogP contribution is 2.20. The van der Waals surface area contributed by atoms with Crippen molar-refractivity contribution in [2.45, 2.75) is 33.8 Å². The standard InChI is InChI=1S/C12H19NO2S/c1-7(2)10(14)6-13-12(15)11-5-8(3)9(4)16-11/h5,7,10,14H,6H2,1-4H3,(H,13,15). The van der Waals surface area contributed by atoms with Gasteiger partial charge >= 0.3 is 0 Å². The predicted octanol–water partition coefficient (Wildman–Crippen LogP) is 2.11. The molecule has 1 amide bonds. The van der Waals surface area contributed by atoms with Gasteiger partial charge in [-0.15, -0.1) is 11.3 Å². The fraction of sp³-hybridized carbons (Fsp3) is 0.583. The Kier molecular flexibility index (Phi) is 4.50. The zero-order valence-corrected chi connectivity index (χ0v) is 11.0. The Bertz CT molecular complexity index is 352. The molecule has 1 aromatic heterocycles. The largest absolute Gasteiger partial charge is 0.391 e. The van der Waals surface area contributed by atoms with Crippen molar-refractivity contribution in [1.29, 1.82) is 0 Å². The molecule has 1 heterocycles. The van der Waals surface area contributed by atoms with Gasteiger partial charge in [-0.05, 0) is 31.4 Å². The molecule has 0 saturated heterocycles. The van der Waals surface area contributed by atoms with Gasteiger partial charge in [-0.3, -0.25) is 4.79 Å². The van der Waals surface area contributed by atoms with Gasteiger partial charge in [-0.2, -0.15) is 0 Å². The van der Waals surface area contributed by atoms with Gasteiger partial charge in [0.05, 0.1) is 11.0 Å². The summed E-state index contributed by atoms with van der Waals surface area (Å²) in [5, 5.41) is 12.3. The Hall–Kier alpha value is -0.870. The Labute approximate surface area is 100 Å². The van der Waals surface area contributed by atoms with Crippen LogP contribution in [0, 0.1) is 19.8 Å². The Morgan fingerprint density at radius 2 is 2.12 bits per heavy atom. The third kappa shape index (κ3) is 3.32. The molecule has 2 N–H and O–H groups in total. The van der Waals surface area contributed by atoms with E-state index in [1.54, 1.807) is 0 Å². The highest BCUT2D eigenvalue weighted by atomic mass is 32.1. The van der Waals surface area contributed by atoms with Crippen LogP contribution in [0.15, 0.2) is 6.07 Å². The first-order valence-corrected chi connectivity index (χ1v) is 6.26. The molecule has 4 heteroatoms. The van der Waals surface area contributed by atoms with Gasteiger partial charge in [0, 0.05) is 11.4 Å². The van der Waals surface area contributed by atoms with Gasteiger partial charge < -0.3 is 10.4 Å². The number of hydrogen-bond acceptors (Lipinski definition) is 3. The normalized spacial score (nSPS) is 12.9. The molecule has 3 nitrogen and oxygen atoms in total. The molecule has 0 aliphatic rings. The summed E-state index contributed by atoms with van der Waals surface area (Å²) in [5.74, 6) is 0.0630. The molecule has 1 aromatic rings. The first kappa shape index (κ1) is 13.2. The maximum absolute atomic E-state index is 11.7. The van der Waals surface area contributed by atoms with E-state index >= 15 is 0 Å². The monoisotopic (exact) mass is 241 g/mol. The molecule has 1 atom stereocenters. The second kappa shape index (κ2) is 5.46. The van der Waals surface area contributed by atoms with Crippen molar-refractivity contribution in [3.8, 4) is 0 Å². The molecule has 1 rings (SSSR count). The summed E-state index contributed by atoms with van der Waals surface area (Å²) in [6.45, 7) is 8.16. The van der Waals surface area contributed by atoms with Gasteiger partial charge in [0.15, 0.2) is 0 Å². The summed E-state index contributed by atoms with van der Waals surface area (Å²) in [4.78, 5) is 13.6. The SMILES string of the molecule is Cc1cc(C(=O)NCC(O)C(C)C)sc1C. The van der Waals surface area contributed by atoms with Crippen molar-refractivity contribution in [2.24, 2.45) is 5.92 Å². The van der Waals surface area contributed by atoms with Crippen molar-refractivity contribution in [2.75, 3.05) is 6.54 Å². The number of carbonyl (C=O) groups is 1. The van der Waals surface area contributed by atoms with E-state index in [1.165, 1.54) is 11.3 Å². The molecule has 0 saturated carbocycles. The molecule has 16 heavy (non-hydrogen) atoms. The number of hydrogen-bond donors (Lipinski definition) is 2. The second-order valence-corrected chi connectivity index (χ2v) is 5.63. The van der Waals surface area contributed by atoms with Crippen LogP contribution in [-0.2, 0) is 0 Å². The van der Waals surface area contributed by atoms with E-state index in [9.17, 15) is 9.90 Å². The number of aryl methyl sites for hydroxylation is 2. The molecule has 0 radical (unpaired) electrons. The van der Waals surface area contributed by atoms with Gasteiger partial charge in [0.25, 0.3) is 5.91 Å². The Morgan fingerprint density at radius 3 is 2.56 bits per heavy atom. The van der Waals surface area contributed by atoms with Crippen LogP contribution in [0.4, 0.5) is 0 Å². The Morgan fingerprint density at radius 1 is 1.50 bits per heavy atom. The van der Waals surface area contributed by atoms with E-state index < -0.39 is 6.10 Å². The van der Waals surface area contributed by atoms with E-state index in [0.717, 1.165) is 10.4 Å². The molecule has 0 aliphatic carbocycles. The quantitative estimate of drug-likeness (QED) is 0.848. The van der Waals surface area contributed by atoms with Gasteiger partial charge in [-0.25, -0.2) is 0 Å². The maximum Gasteiger partial charge on any atom is 0.261 e. The highest BCUT2D eigenvalue weighted by Gasteiger charge is 2.13. The molecule has 0 aliphatic heterocycles. The third-order valence-corrected chi connectivity index (χ3v) is 3.78. The molecule has 0 bridgehead atoms. The summed E-state index contributed by atoms with van der Waals surface area (Å²) < 4.78 is 0. The topological polar surface area (TPSA) is 49.3 Å². The van der Waals surface area contributed by atoms with Crippen LogP contribution in [0.25, 0.3) is 0 Å². The van der Waals surface area contributed by atoms with Crippen LogP contribution < -0.4 is 5.32 Å². The van der Waals surface area contributed by atoms with Crippen molar-refractivity contribution >= 4 is 17.2 Å². The van der Waals surface area contributed by atoms with Crippen LogP contribution in [0.2, 0.25) is 0 Å². The lowest BCUT2D eigenvalue weighted by atomic mass is 10.1. The summed E-state index contributed by atoms with van der Waals surface area (Å²) >= 11 is 1.49. The molecule has 90 valence electrons. The van der Waals surface area contributed by atoms with Gasteiger partial charge in [0.1, 0.15) is 0 Å². The van der Waals surface area contributed by atoms with E-state index in [0.29, 0.717) is 11.4 Å². The highest BCUT2D eigenvalue weighted by molar-refractivity contribution is 7.14. The van der Waals surface area contributed by atoms with Crippen LogP contribution in [-0.4, -0.2) is 23.7 Å². The maximum atomic E-state index is 11.7. The number of aliphatic hydroxyl groups is 1. The van der Waals surface area contributed by atoms with Crippen LogP contribution in [0.5, 0.6) is 0 Å². The van der Waals surface area contributed by atoms with Crippen LogP contribution >= 0.6 is 11.3 Å². The first-order chi connectivity index (χ1) is 7.41. The lowest BCUT2D eigenvalue weighted by molar-refractivity contribution is 0.0875. The summed E-state index contributed by atoms with van der Waals surface area (Å²) in [5.41, 5.74) is 1.14. The fourth-order valence-corrected chi connectivity index (χ4v) is 2.16. The predicted molar refractivity (Wildman–Crippen MR) is 67.0 cm³/mol. The van der Waals surface area contributed by atoms with Crippen LogP contribution in [0.1, 0.15) is 34.0 Å². The minimum Gasteiger partial charge on any atom is -0.391 e. The lowest BCUT2D eigenvalue weighted by Crippen LogP contribution is -2.34. The van der Waals surface area contributed by atoms with E-state index in [2.05, 4.69) is 5.32 Å². The molecular formula is C12H19NO2S. The molecule has 0 spiro atoms. The average Bonchev–Trinajstić information content (AvgIpc) is 2.55. The molecule has 1 unspecified atom stereocenters. The summed E-state index contributed by atoms with van der Waals surface area (Å²) in [7, 11) is 0. The number of carbonyl (C=O) groups excluding carboxylic acids is 1. The first-order valence-electron chi connectivity index (χ1n) is 5.45. The smallest absolute Gasteiger partial charge is 0.261 e. The van der Waals surface area contributed by atoms with Crippen molar-refractivity contribution in [1.82, 2.24) is 5.32 Å². The zero-order chi connectivity index (χ0) is 12.3. The van der Waals surface area contributed by atoms with E-state index in [-0.39, 0.29) is 11.8 Å². The van der Waals surface area contributed by atoms with E-state index in [4.69, 9.17) is 0 Å². The number of nitrogens with one attached hydrogen (secondary N) is 1. The minimum absolute atomic E-state index is 0.0964. The third-order valence-electron chi connectivity index (χ3n) is 2.63. The van der Waals surface area contributed by atoms with Crippen molar-refractivity contribution in [3.05, 3.63) is 21.4 Å². The van der Waals surface area contributed by atoms with Gasteiger partial charge in [-0.1, -0.05) is 13.8 Å². The number of aliphatic hydroxyl groups excluding tert-OH is 1. The minimum atomic E-state index is -0.480. The van der Waals surface area contributed by atoms with Gasteiger partial charge in [0.2, 0.25) is 0 Å². The molecule has 0 aromatic carbocycles. The second-order valence-electron chi connectivity index (χ2n) is 4.37. The summed E-state index contributed by atoms with van der Waals surface area (Å²) in [6, 6.07) is 1.89. The lowest BCUT2D eigenvalue weighted by Gasteiger charge is -2.14. The number of thiophene rings is 1. The molecular weight excluding hydrogens is 222 g/mol. The molecule has 0 fully saturated rings. The van der Waals surface area contributed by atoms with Crippen molar-refractivity contribution in [3.63, 3.8) is 0 Å². The number of rotatable bonds is 4. The zero-order valence-electron chi connectivity index (χ0n) is 10.2. The summed E-state index contributed by atoms with van der Waals surface area (Å²) in [6.07, 6.45) is -0.480. The fourth-order valence-electron chi connectivity index (χ4n) is 1.21. The Balaban J connectivity index is 2.53. The van der Waals surface area contributed by atoms with Crippen molar-refractivity contribution < 1.29 is 9.90 Å². The van der Waals surface area contributed by atoms with Crippen LogP contribution in [0.3, 0.4) is 0 Å². The van der Waals surface area contributed by atoms with E-state index in [1.807, 2.05) is 33.8 Å².